The zero-order chi connectivity index (χ0) is 17.1. The maximum Gasteiger partial charge on any atom is 0.0406 e. The number of nitrogens with two attached hydrogens (primary N) is 1. The third-order valence-electron chi connectivity index (χ3n) is 3.68. The molecule has 0 amide bonds. The second kappa shape index (κ2) is 10.2. The molecule has 0 saturated carbocycles. The highest BCUT2D eigenvalue weighted by atomic mass is 14.8. The van der Waals surface area contributed by atoms with Gasteiger partial charge in [-0.05, 0) is 49.6 Å². The third-order valence-corrected chi connectivity index (χ3v) is 3.68. The maximum atomic E-state index is 8.22. The summed E-state index contributed by atoms with van der Waals surface area (Å²) in [6.45, 7) is 10.2. The van der Waals surface area contributed by atoms with E-state index in [1.807, 2.05) is 37.3 Å². The van der Waals surface area contributed by atoms with Gasteiger partial charge in [0.05, 0.1) is 0 Å². The summed E-state index contributed by atoms with van der Waals surface area (Å²) in [5.74, 6) is 0. The fourth-order valence-electron chi connectivity index (χ4n) is 2.46. The first kappa shape index (κ1) is 18.5. The lowest BCUT2D eigenvalue weighted by Gasteiger charge is -2.13. The summed E-state index contributed by atoms with van der Waals surface area (Å²) in [4.78, 5) is 0. The van der Waals surface area contributed by atoms with Crippen molar-refractivity contribution in [2.24, 2.45) is 0 Å². The molecule has 1 aromatic carbocycles. The molecule has 0 atom stereocenters. The zero-order valence-corrected chi connectivity index (χ0v) is 13.9. The van der Waals surface area contributed by atoms with Crippen LogP contribution < -0.4 is 11.1 Å². The molecule has 0 saturated heterocycles. The summed E-state index contributed by atoms with van der Waals surface area (Å²) in [6, 6.07) is 7.56. The van der Waals surface area contributed by atoms with Crippen molar-refractivity contribution in [2.75, 3.05) is 12.3 Å². The van der Waals surface area contributed by atoms with Gasteiger partial charge >= 0.3 is 0 Å². The van der Waals surface area contributed by atoms with Crippen LogP contribution in [0.2, 0.25) is 0 Å². The lowest BCUT2D eigenvalue weighted by molar-refractivity contribution is 0.833. The van der Waals surface area contributed by atoms with Crippen molar-refractivity contribution < 1.29 is 0 Å². The Morgan fingerprint density at radius 2 is 1.96 bits per heavy atom. The van der Waals surface area contributed by atoms with E-state index in [0.29, 0.717) is 17.8 Å². The quantitative estimate of drug-likeness (QED) is 0.336. The molecule has 1 aromatic rings. The molecule has 122 valence electrons. The molecule has 0 aliphatic carbocycles. The molecule has 1 rings (SSSR count). The third kappa shape index (κ3) is 5.99. The van der Waals surface area contributed by atoms with Crippen molar-refractivity contribution in [3.05, 3.63) is 78.6 Å². The molecule has 0 bridgehead atoms. The van der Waals surface area contributed by atoms with E-state index in [1.54, 1.807) is 12.3 Å². The molecule has 0 aliphatic rings. The van der Waals surface area contributed by atoms with E-state index in [9.17, 15) is 0 Å². The van der Waals surface area contributed by atoms with E-state index in [-0.39, 0.29) is 0 Å². The Labute approximate surface area is 139 Å². The van der Waals surface area contributed by atoms with Gasteiger partial charge in [0.1, 0.15) is 0 Å². The van der Waals surface area contributed by atoms with Crippen LogP contribution in [0, 0.1) is 5.41 Å². The number of nitrogen functional groups attached to an aromatic ring is 1. The number of anilines is 1. The summed E-state index contributed by atoms with van der Waals surface area (Å²) >= 11 is 0. The van der Waals surface area contributed by atoms with Gasteiger partial charge in [0, 0.05) is 23.5 Å². The molecule has 4 N–H and O–H groups in total. The van der Waals surface area contributed by atoms with Crippen LogP contribution in [-0.2, 0) is 0 Å². The van der Waals surface area contributed by atoms with Gasteiger partial charge < -0.3 is 16.5 Å². The standard InChI is InChI=1S/C20H27N3/c1-4-10-17(15-23-6-3)16(5-2)11-9-14-20(22)18-12-7-8-13-19(18)21/h4-8,10,12-13,22-23H,1,3,9,11,14-15,21H2,2H3/b16-5-,17-10-,22-20?. The van der Waals surface area contributed by atoms with Crippen molar-refractivity contribution in [1.82, 2.24) is 5.32 Å². The zero-order valence-electron chi connectivity index (χ0n) is 13.9. The Morgan fingerprint density at radius 1 is 1.22 bits per heavy atom. The Hall–Kier alpha value is -2.55. The van der Waals surface area contributed by atoms with Crippen LogP contribution in [0.5, 0.6) is 0 Å². The highest BCUT2D eigenvalue weighted by Gasteiger charge is 2.07. The van der Waals surface area contributed by atoms with E-state index in [1.165, 1.54) is 11.1 Å². The first-order valence-corrected chi connectivity index (χ1v) is 7.87. The van der Waals surface area contributed by atoms with E-state index in [0.717, 1.165) is 24.9 Å². The predicted molar refractivity (Wildman–Crippen MR) is 102 cm³/mol. The smallest absolute Gasteiger partial charge is 0.0406 e. The molecular weight excluding hydrogens is 282 g/mol. The highest BCUT2D eigenvalue weighted by molar-refractivity contribution is 6.02. The minimum Gasteiger partial charge on any atom is -0.398 e. The molecule has 0 aromatic heterocycles. The molecule has 0 unspecified atom stereocenters. The second-order valence-electron chi connectivity index (χ2n) is 5.25. The number of hydrogen-bond acceptors (Lipinski definition) is 3. The van der Waals surface area contributed by atoms with Crippen molar-refractivity contribution in [1.29, 1.82) is 5.41 Å². The summed E-state index contributed by atoms with van der Waals surface area (Å²) < 4.78 is 0. The molecule has 0 radical (unpaired) electrons. The second-order valence-corrected chi connectivity index (χ2v) is 5.25. The number of para-hydroxylation sites is 1. The molecule has 0 aliphatic heterocycles. The minimum atomic E-state index is 0.594. The number of allylic oxidation sites excluding steroid dienone is 3. The average molecular weight is 309 g/mol. The summed E-state index contributed by atoms with van der Waals surface area (Å²) in [6.07, 6.45) is 10.2. The van der Waals surface area contributed by atoms with Crippen molar-refractivity contribution >= 4 is 11.4 Å². The van der Waals surface area contributed by atoms with Gasteiger partial charge in [-0.2, -0.15) is 0 Å². The van der Waals surface area contributed by atoms with Gasteiger partial charge in [-0.1, -0.05) is 49.6 Å². The first-order chi connectivity index (χ1) is 11.1. The molecular formula is C20H27N3. The maximum absolute atomic E-state index is 8.22. The first-order valence-electron chi connectivity index (χ1n) is 7.87. The monoisotopic (exact) mass is 309 g/mol. The van der Waals surface area contributed by atoms with Gasteiger partial charge in [-0.3, -0.25) is 0 Å². The lowest BCUT2D eigenvalue weighted by atomic mass is 9.96. The van der Waals surface area contributed by atoms with Crippen LogP contribution in [0.25, 0.3) is 0 Å². The normalized spacial score (nSPS) is 11.9. The van der Waals surface area contributed by atoms with Crippen LogP contribution in [0.4, 0.5) is 5.69 Å². The van der Waals surface area contributed by atoms with Crippen LogP contribution in [0.3, 0.4) is 0 Å². The average Bonchev–Trinajstić information content (AvgIpc) is 2.56. The Balaban J connectivity index is 2.62. The molecule has 0 spiro atoms. The number of hydrogen-bond donors (Lipinski definition) is 3. The molecule has 23 heavy (non-hydrogen) atoms. The van der Waals surface area contributed by atoms with Gasteiger partial charge in [0.25, 0.3) is 0 Å². The molecule has 0 heterocycles. The molecule has 0 fully saturated rings. The number of rotatable bonds is 10. The van der Waals surface area contributed by atoms with Crippen LogP contribution in [-0.4, -0.2) is 12.3 Å². The minimum absolute atomic E-state index is 0.594. The highest BCUT2D eigenvalue weighted by Crippen LogP contribution is 2.20. The van der Waals surface area contributed by atoms with E-state index in [2.05, 4.69) is 24.6 Å². The Kier molecular flexibility index (Phi) is 8.22. The fourth-order valence-corrected chi connectivity index (χ4v) is 2.46. The summed E-state index contributed by atoms with van der Waals surface area (Å²) in [5.41, 5.74) is 10.5. The van der Waals surface area contributed by atoms with Gasteiger partial charge in [-0.15, -0.1) is 0 Å². The topological polar surface area (TPSA) is 61.9 Å². The molecule has 3 nitrogen and oxygen atoms in total. The van der Waals surface area contributed by atoms with Gasteiger partial charge in [0.2, 0.25) is 0 Å². The van der Waals surface area contributed by atoms with Crippen LogP contribution >= 0.6 is 0 Å². The van der Waals surface area contributed by atoms with E-state index < -0.39 is 0 Å². The van der Waals surface area contributed by atoms with Crippen LogP contribution in [0.1, 0.15) is 31.7 Å². The van der Waals surface area contributed by atoms with Crippen molar-refractivity contribution in [2.45, 2.75) is 26.2 Å². The molecule has 3 heteroatoms. The number of nitrogens with one attached hydrogen (secondary N) is 2. The SMILES string of the molecule is C=C/C=C(CNC=C)\C(=C/C)CCCC(=N)c1ccccc1N. The van der Waals surface area contributed by atoms with E-state index >= 15 is 0 Å². The van der Waals surface area contributed by atoms with E-state index in [4.69, 9.17) is 11.1 Å². The largest absolute Gasteiger partial charge is 0.398 e. The summed E-state index contributed by atoms with van der Waals surface area (Å²) in [7, 11) is 0. The van der Waals surface area contributed by atoms with Crippen LogP contribution in [0.15, 0.2) is 73.0 Å². The predicted octanol–water partition coefficient (Wildman–Crippen LogP) is 4.60. The Bertz CT molecular complexity index is 609. The Morgan fingerprint density at radius 3 is 2.57 bits per heavy atom. The lowest BCUT2D eigenvalue weighted by Crippen LogP contribution is -2.11. The van der Waals surface area contributed by atoms with Crippen molar-refractivity contribution in [3.8, 4) is 0 Å². The fraction of sp³-hybridized carbons (Fsp3) is 0.250. The number of benzene rings is 1. The van der Waals surface area contributed by atoms with Gasteiger partial charge in [0.15, 0.2) is 0 Å². The summed E-state index contributed by atoms with van der Waals surface area (Å²) in [5, 5.41) is 11.3. The van der Waals surface area contributed by atoms with Gasteiger partial charge in [-0.25, -0.2) is 0 Å². The van der Waals surface area contributed by atoms with Crippen molar-refractivity contribution in [3.63, 3.8) is 0 Å².